The van der Waals surface area contributed by atoms with Gasteiger partial charge in [0.25, 0.3) is 0 Å². The third-order valence-electron chi connectivity index (χ3n) is 2.20. The standard InChI is InChI=1S/C11H15FO2S/c1-11(2,3)15(13,14)8-9-4-6-10(12)7-5-9/h4-7H,8H2,1-3H3. The van der Waals surface area contributed by atoms with Crippen molar-refractivity contribution in [3.05, 3.63) is 35.6 Å². The van der Waals surface area contributed by atoms with Gasteiger partial charge in [0.05, 0.1) is 10.5 Å². The largest absolute Gasteiger partial charge is 0.228 e. The first-order valence-corrected chi connectivity index (χ1v) is 6.34. The fourth-order valence-electron chi connectivity index (χ4n) is 1.02. The van der Waals surface area contributed by atoms with Crippen LogP contribution in [0.5, 0.6) is 0 Å². The van der Waals surface area contributed by atoms with Gasteiger partial charge in [-0.3, -0.25) is 0 Å². The summed E-state index contributed by atoms with van der Waals surface area (Å²) in [6.45, 7) is 4.98. The van der Waals surface area contributed by atoms with E-state index < -0.39 is 14.6 Å². The van der Waals surface area contributed by atoms with Crippen molar-refractivity contribution >= 4 is 9.84 Å². The van der Waals surface area contributed by atoms with Gasteiger partial charge < -0.3 is 0 Å². The normalized spacial score (nSPS) is 12.8. The highest BCUT2D eigenvalue weighted by molar-refractivity contribution is 7.91. The maximum Gasteiger partial charge on any atom is 0.159 e. The number of halogens is 1. The molecule has 0 heterocycles. The lowest BCUT2D eigenvalue weighted by atomic mass is 10.2. The average molecular weight is 230 g/mol. The SMILES string of the molecule is CC(C)(C)S(=O)(=O)Cc1ccc(F)cc1. The van der Waals surface area contributed by atoms with Crippen LogP contribution in [0.1, 0.15) is 26.3 Å². The molecule has 0 amide bonds. The molecule has 0 aliphatic heterocycles. The molecule has 0 atom stereocenters. The Kier molecular flexibility index (Phi) is 3.19. The minimum Gasteiger partial charge on any atom is -0.228 e. The molecule has 0 saturated heterocycles. The van der Waals surface area contributed by atoms with Gasteiger partial charge in [-0.05, 0) is 38.5 Å². The van der Waals surface area contributed by atoms with Gasteiger partial charge >= 0.3 is 0 Å². The van der Waals surface area contributed by atoms with E-state index in [2.05, 4.69) is 0 Å². The van der Waals surface area contributed by atoms with Crippen LogP contribution in [0.25, 0.3) is 0 Å². The highest BCUT2D eigenvalue weighted by Gasteiger charge is 2.28. The molecule has 0 unspecified atom stereocenters. The minimum absolute atomic E-state index is 0.0449. The molecule has 2 nitrogen and oxygen atoms in total. The van der Waals surface area contributed by atoms with Crippen molar-refractivity contribution in [1.82, 2.24) is 0 Å². The predicted octanol–water partition coefficient (Wildman–Crippen LogP) is 2.54. The molecule has 0 fully saturated rings. The number of benzene rings is 1. The van der Waals surface area contributed by atoms with Crippen molar-refractivity contribution in [3.63, 3.8) is 0 Å². The molecular formula is C11H15FO2S. The first-order valence-electron chi connectivity index (χ1n) is 4.69. The second-order valence-electron chi connectivity index (χ2n) is 4.50. The van der Waals surface area contributed by atoms with E-state index in [0.29, 0.717) is 5.56 Å². The van der Waals surface area contributed by atoms with Crippen LogP contribution in [0.4, 0.5) is 4.39 Å². The Bertz CT molecular complexity index is 427. The van der Waals surface area contributed by atoms with E-state index in [-0.39, 0.29) is 11.6 Å². The summed E-state index contributed by atoms with van der Waals surface area (Å²) in [6, 6.07) is 5.54. The molecule has 0 bridgehead atoms. The van der Waals surface area contributed by atoms with Crippen molar-refractivity contribution < 1.29 is 12.8 Å². The first kappa shape index (κ1) is 12.2. The number of hydrogen-bond donors (Lipinski definition) is 0. The summed E-state index contributed by atoms with van der Waals surface area (Å²) >= 11 is 0. The van der Waals surface area contributed by atoms with E-state index in [1.807, 2.05) is 0 Å². The van der Waals surface area contributed by atoms with Crippen LogP contribution >= 0.6 is 0 Å². The summed E-state index contributed by atoms with van der Waals surface area (Å²) in [6.07, 6.45) is 0. The van der Waals surface area contributed by atoms with Gasteiger partial charge in [-0.25, -0.2) is 12.8 Å². The summed E-state index contributed by atoms with van der Waals surface area (Å²) < 4.78 is 35.5. The quantitative estimate of drug-likeness (QED) is 0.782. The van der Waals surface area contributed by atoms with Gasteiger partial charge in [-0.2, -0.15) is 0 Å². The molecule has 15 heavy (non-hydrogen) atoms. The minimum atomic E-state index is -3.19. The summed E-state index contributed by atoms with van der Waals surface area (Å²) in [4.78, 5) is 0. The van der Waals surface area contributed by atoms with Crippen molar-refractivity contribution in [1.29, 1.82) is 0 Å². The van der Waals surface area contributed by atoms with Gasteiger partial charge in [0.15, 0.2) is 9.84 Å². The van der Waals surface area contributed by atoms with Gasteiger partial charge in [-0.1, -0.05) is 12.1 Å². The zero-order chi connectivity index (χ0) is 11.7. The van der Waals surface area contributed by atoms with E-state index in [0.717, 1.165) is 0 Å². The first-order chi connectivity index (χ1) is 6.72. The van der Waals surface area contributed by atoms with Crippen molar-refractivity contribution in [2.24, 2.45) is 0 Å². The van der Waals surface area contributed by atoms with E-state index in [9.17, 15) is 12.8 Å². The van der Waals surface area contributed by atoms with E-state index in [1.54, 1.807) is 20.8 Å². The van der Waals surface area contributed by atoms with E-state index in [4.69, 9.17) is 0 Å². The number of hydrogen-bond acceptors (Lipinski definition) is 2. The molecule has 0 spiro atoms. The fourth-order valence-corrected chi connectivity index (χ4v) is 2.08. The van der Waals surface area contributed by atoms with Gasteiger partial charge in [0.1, 0.15) is 5.82 Å². The van der Waals surface area contributed by atoms with E-state index in [1.165, 1.54) is 24.3 Å². The monoisotopic (exact) mass is 230 g/mol. The Balaban J connectivity index is 2.93. The Hall–Kier alpha value is -0.900. The maximum atomic E-state index is 12.6. The lowest BCUT2D eigenvalue weighted by molar-refractivity contribution is 0.559. The molecule has 0 N–H and O–H groups in total. The average Bonchev–Trinajstić information content (AvgIpc) is 2.06. The molecule has 0 aliphatic carbocycles. The van der Waals surface area contributed by atoms with Crippen LogP contribution < -0.4 is 0 Å². The van der Waals surface area contributed by atoms with Crippen LogP contribution in [-0.2, 0) is 15.6 Å². The van der Waals surface area contributed by atoms with Crippen molar-refractivity contribution in [2.45, 2.75) is 31.3 Å². The molecule has 1 aromatic rings. The van der Waals surface area contributed by atoms with Crippen LogP contribution in [0, 0.1) is 5.82 Å². The Morgan fingerprint density at radius 2 is 1.60 bits per heavy atom. The molecule has 0 radical (unpaired) electrons. The second-order valence-corrected chi connectivity index (χ2v) is 7.24. The third-order valence-corrected chi connectivity index (χ3v) is 4.78. The Morgan fingerprint density at radius 3 is 2.00 bits per heavy atom. The summed E-state index contributed by atoms with van der Waals surface area (Å²) in [5.41, 5.74) is 0.617. The maximum absolute atomic E-state index is 12.6. The highest BCUT2D eigenvalue weighted by Crippen LogP contribution is 2.20. The van der Waals surface area contributed by atoms with Crippen LogP contribution in [0.15, 0.2) is 24.3 Å². The summed E-state index contributed by atoms with van der Waals surface area (Å²) in [5, 5.41) is 0. The lowest BCUT2D eigenvalue weighted by Gasteiger charge is -2.19. The van der Waals surface area contributed by atoms with Crippen LogP contribution in [0.3, 0.4) is 0 Å². The molecule has 0 aromatic heterocycles. The molecule has 0 aliphatic rings. The lowest BCUT2D eigenvalue weighted by Crippen LogP contribution is -2.29. The molecule has 0 saturated carbocycles. The molecule has 84 valence electrons. The van der Waals surface area contributed by atoms with Crippen LogP contribution in [-0.4, -0.2) is 13.2 Å². The zero-order valence-corrected chi connectivity index (χ0v) is 9.94. The molecule has 1 aromatic carbocycles. The van der Waals surface area contributed by atoms with E-state index >= 15 is 0 Å². The van der Waals surface area contributed by atoms with Gasteiger partial charge in [0, 0.05) is 0 Å². The summed E-state index contributed by atoms with van der Waals surface area (Å²) in [5.74, 6) is -0.400. The summed E-state index contributed by atoms with van der Waals surface area (Å²) in [7, 11) is -3.19. The van der Waals surface area contributed by atoms with Gasteiger partial charge in [0.2, 0.25) is 0 Å². The van der Waals surface area contributed by atoms with Crippen molar-refractivity contribution in [3.8, 4) is 0 Å². The van der Waals surface area contributed by atoms with Crippen LogP contribution in [0.2, 0.25) is 0 Å². The predicted molar refractivity (Wildman–Crippen MR) is 58.8 cm³/mol. The Labute approximate surface area is 90.0 Å². The highest BCUT2D eigenvalue weighted by atomic mass is 32.2. The zero-order valence-electron chi connectivity index (χ0n) is 9.12. The smallest absolute Gasteiger partial charge is 0.159 e. The molecular weight excluding hydrogens is 215 g/mol. The number of rotatable bonds is 2. The van der Waals surface area contributed by atoms with Crippen molar-refractivity contribution in [2.75, 3.05) is 0 Å². The van der Waals surface area contributed by atoms with Gasteiger partial charge in [-0.15, -0.1) is 0 Å². The topological polar surface area (TPSA) is 34.1 Å². The third kappa shape index (κ3) is 3.02. The Morgan fingerprint density at radius 1 is 1.13 bits per heavy atom. The molecule has 1 rings (SSSR count). The molecule has 4 heteroatoms. The fraction of sp³-hybridized carbons (Fsp3) is 0.455. The second kappa shape index (κ2) is 3.93. The number of sulfone groups is 1.